The van der Waals surface area contributed by atoms with Crippen molar-refractivity contribution in [3.8, 4) is 0 Å². The van der Waals surface area contributed by atoms with Crippen LogP contribution in [0.15, 0.2) is 0 Å². The SMILES string of the molecule is CC(CN(C)C(=O)N(C)CC1CCN(C)CC1)C(=O)O. The maximum atomic E-state index is 12.2. The van der Waals surface area contributed by atoms with Gasteiger partial charge in [0.1, 0.15) is 0 Å². The van der Waals surface area contributed by atoms with Gasteiger partial charge < -0.3 is 19.8 Å². The van der Waals surface area contributed by atoms with Gasteiger partial charge in [-0.2, -0.15) is 0 Å². The quantitative estimate of drug-likeness (QED) is 0.819. The van der Waals surface area contributed by atoms with Crippen LogP contribution in [-0.4, -0.2) is 79.1 Å². The number of nitrogens with zero attached hydrogens (tertiary/aromatic N) is 3. The van der Waals surface area contributed by atoms with E-state index in [1.165, 1.54) is 4.90 Å². The first-order valence-electron chi connectivity index (χ1n) is 7.18. The minimum Gasteiger partial charge on any atom is -0.481 e. The first kappa shape index (κ1) is 16.8. The summed E-state index contributed by atoms with van der Waals surface area (Å²) in [6, 6.07) is -0.1000. The molecule has 0 aromatic rings. The maximum Gasteiger partial charge on any atom is 0.319 e. The molecule has 1 N–H and O–H groups in total. The molecule has 1 aliphatic rings. The molecule has 0 aromatic carbocycles. The topological polar surface area (TPSA) is 64.1 Å². The lowest BCUT2D eigenvalue weighted by Crippen LogP contribution is -2.44. The number of aliphatic carboxylic acids is 1. The van der Waals surface area contributed by atoms with E-state index in [1.54, 1.807) is 25.9 Å². The Balaban J connectivity index is 2.40. The monoisotopic (exact) mass is 285 g/mol. The molecular formula is C14H27N3O3. The number of amides is 2. The molecule has 1 aliphatic heterocycles. The first-order valence-corrected chi connectivity index (χ1v) is 7.18. The molecular weight excluding hydrogens is 258 g/mol. The molecule has 1 saturated heterocycles. The Kier molecular flexibility index (Phi) is 6.26. The van der Waals surface area contributed by atoms with Crippen LogP contribution in [0, 0.1) is 11.8 Å². The van der Waals surface area contributed by atoms with Crippen LogP contribution in [0.4, 0.5) is 4.79 Å². The molecule has 1 fully saturated rings. The van der Waals surface area contributed by atoms with E-state index >= 15 is 0 Å². The highest BCUT2D eigenvalue weighted by Crippen LogP contribution is 2.17. The lowest BCUT2D eigenvalue weighted by molar-refractivity contribution is -0.141. The van der Waals surface area contributed by atoms with Crippen molar-refractivity contribution in [1.29, 1.82) is 0 Å². The molecule has 0 aromatic heterocycles. The van der Waals surface area contributed by atoms with Gasteiger partial charge in [-0.05, 0) is 38.9 Å². The van der Waals surface area contributed by atoms with Crippen LogP contribution < -0.4 is 0 Å². The largest absolute Gasteiger partial charge is 0.481 e. The zero-order valence-corrected chi connectivity index (χ0v) is 13.0. The van der Waals surface area contributed by atoms with E-state index in [4.69, 9.17) is 5.11 Å². The van der Waals surface area contributed by atoms with Crippen LogP contribution in [0.2, 0.25) is 0 Å². The molecule has 0 saturated carbocycles. The number of likely N-dealkylation sites (tertiary alicyclic amines) is 1. The summed E-state index contributed by atoms with van der Waals surface area (Å²) >= 11 is 0. The molecule has 0 spiro atoms. The summed E-state index contributed by atoms with van der Waals surface area (Å²) in [7, 11) is 5.57. The van der Waals surface area contributed by atoms with Gasteiger partial charge in [-0.1, -0.05) is 6.92 Å². The van der Waals surface area contributed by atoms with Gasteiger partial charge in [0.2, 0.25) is 0 Å². The minimum atomic E-state index is -0.873. The second-order valence-electron chi connectivity index (χ2n) is 6.03. The summed E-state index contributed by atoms with van der Waals surface area (Å²) < 4.78 is 0. The van der Waals surface area contributed by atoms with Crippen LogP contribution in [0.25, 0.3) is 0 Å². The molecule has 6 heteroatoms. The molecule has 1 rings (SSSR count). The minimum absolute atomic E-state index is 0.1000. The normalized spacial score (nSPS) is 18.6. The summed E-state index contributed by atoms with van der Waals surface area (Å²) in [4.78, 5) is 28.5. The Bertz CT molecular complexity index is 341. The highest BCUT2D eigenvalue weighted by molar-refractivity contribution is 5.75. The molecule has 0 aliphatic carbocycles. The van der Waals surface area contributed by atoms with Crippen molar-refractivity contribution in [2.45, 2.75) is 19.8 Å². The Labute approximate surface area is 121 Å². The number of hydrogen-bond donors (Lipinski definition) is 1. The van der Waals surface area contributed by atoms with E-state index in [-0.39, 0.29) is 12.6 Å². The molecule has 116 valence electrons. The van der Waals surface area contributed by atoms with Gasteiger partial charge in [-0.3, -0.25) is 4.79 Å². The number of rotatable bonds is 5. The first-order chi connectivity index (χ1) is 9.31. The molecule has 1 unspecified atom stereocenters. The van der Waals surface area contributed by atoms with Crippen molar-refractivity contribution >= 4 is 12.0 Å². The van der Waals surface area contributed by atoms with E-state index in [2.05, 4.69) is 11.9 Å². The van der Waals surface area contributed by atoms with E-state index in [0.717, 1.165) is 32.5 Å². The van der Waals surface area contributed by atoms with Gasteiger partial charge in [-0.25, -0.2) is 4.79 Å². The van der Waals surface area contributed by atoms with Crippen molar-refractivity contribution in [2.75, 3.05) is 47.3 Å². The van der Waals surface area contributed by atoms with Crippen molar-refractivity contribution in [3.05, 3.63) is 0 Å². The predicted octanol–water partition coefficient (Wildman–Crippen LogP) is 1.03. The van der Waals surface area contributed by atoms with E-state index < -0.39 is 11.9 Å². The number of carboxylic acid groups (broad SMARTS) is 1. The van der Waals surface area contributed by atoms with Gasteiger partial charge in [0.15, 0.2) is 0 Å². The standard InChI is InChI=1S/C14H27N3O3/c1-11(13(18)19)9-16(3)14(20)17(4)10-12-5-7-15(2)8-6-12/h11-12H,5-10H2,1-4H3,(H,18,19). The molecule has 20 heavy (non-hydrogen) atoms. The van der Waals surface area contributed by atoms with Crippen LogP contribution in [0.3, 0.4) is 0 Å². The summed E-state index contributed by atoms with van der Waals surface area (Å²) in [5.41, 5.74) is 0. The van der Waals surface area contributed by atoms with Crippen LogP contribution in [0.1, 0.15) is 19.8 Å². The zero-order chi connectivity index (χ0) is 15.3. The number of piperidine rings is 1. The summed E-state index contributed by atoms with van der Waals surface area (Å²) in [6.07, 6.45) is 2.23. The smallest absolute Gasteiger partial charge is 0.319 e. The van der Waals surface area contributed by atoms with E-state index in [0.29, 0.717) is 5.92 Å². The average molecular weight is 285 g/mol. The summed E-state index contributed by atoms with van der Waals surface area (Å²) in [5.74, 6) is -0.867. The van der Waals surface area contributed by atoms with Crippen LogP contribution in [0.5, 0.6) is 0 Å². The van der Waals surface area contributed by atoms with Crippen molar-refractivity contribution in [3.63, 3.8) is 0 Å². The highest BCUT2D eigenvalue weighted by Gasteiger charge is 2.23. The van der Waals surface area contributed by atoms with Gasteiger partial charge in [-0.15, -0.1) is 0 Å². The number of carboxylic acids is 1. The number of carbonyl (C=O) groups is 2. The van der Waals surface area contributed by atoms with E-state index in [1.807, 2.05) is 0 Å². The van der Waals surface area contributed by atoms with Crippen molar-refractivity contribution in [1.82, 2.24) is 14.7 Å². The second kappa shape index (κ2) is 7.47. The van der Waals surface area contributed by atoms with Crippen molar-refractivity contribution < 1.29 is 14.7 Å². The average Bonchev–Trinajstić information content (AvgIpc) is 2.40. The maximum absolute atomic E-state index is 12.2. The molecule has 0 radical (unpaired) electrons. The fourth-order valence-corrected chi connectivity index (χ4v) is 2.57. The Morgan fingerprint density at radius 1 is 1.25 bits per heavy atom. The van der Waals surface area contributed by atoms with Crippen molar-refractivity contribution in [2.24, 2.45) is 11.8 Å². The zero-order valence-electron chi connectivity index (χ0n) is 13.0. The fraction of sp³-hybridized carbons (Fsp3) is 0.857. The third kappa shape index (κ3) is 5.00. The fourth-order valence-electron chi connectivity index (χ4n) is 2.57. The van der Waals surface area contributed by atoms with Crippen LogP contribution in [-0.2, 0) is 4.79 Å². The van der Waals surface area contributed by atoms with Gasteiger partial charge in [0, 0.05) is 27.2 Å². The third-order valence-corrected chi connectivity index (χ3v) is 3.99. The summed E-state index contributed by atoms with van der Waals surface area (Å²) in [5, 5.41) is 8.88. The molecule has 1 atom stereocenters. The van der Waals surface area contributed by atoms with E-state index in [9.17, 15) is 9.59 Å². The highest BCUT2D eigenvalue weighted by atomic mass is 16.4. The molecule has 1 heterocycles. The third-order valence-electron chi connectivity index (χ3n) is 3.99. The molecule has 0 bridgehead atoms. The predicted molar refractivity (Wildman–Crippen MR) is 77.7 cm³/mol. The Morgan fingerprint density at radius 3 is 2.30 bits per heavy atom. The van der Waals surface area contributed by atoms with Crippen LogP contribution >= 0.6 is 0 Å². The Morgan fingerprint density at radius 2 is 1.80 bits per heavy atom. The number of urea groups is 1. The Hall–Kier alpha value is -1.30. The number of hydrogen-bond acceptors (Lipinski definition) is 3. The lowest BCUT2D eigenvalue weighted by Gasteiger charge is -2.33. The summed E-state index contributed by atoms with van der Waals surface area (Å²) in [6.45, 7) is 4.77. The molecule has 6 nitrogen and oxygen atoms in total. The van der Waals surface area contributed by atoms with Gasteiger partial charge in [0.05, 0.1) is 5.92 Å². The molecule has 2 amide bonds. The second-order valence-corrected chi connectivity index (χ2v) is 6.03. The van der Waals surface area contributed by atoms with Gasteiger partial charge in [0.25, 0.3) is 0 Å². The lowest BCUT2D eigenvalue weighted by atomic mass is 9.97. The van der Waals surface area contributed by atoms with Gasteiger partial charge >= 0.3 is 12.0 Å². The number of carbonyl (C=O) groups excluding carboxylic acids is 1.